The lowest BCUT2D eigenvalue weighted by molar-refractivity contribution is -0.135. The van der Waals surface area contributed by atoms with Crippen molar-refractivity contribution in [3.63, 3.8) is 0 Å². The fourth-order valence-electron chi connectivity index (χ4n) is 3.98. The smallest absolute Gasteiger partial charge is 0.256 e. The number of halogens is 2. The maximum Gasteiger partial charge on any atom is 0.256 e. The van der Waals surface area contributed by atoms with Gasteiger partial charge < -0.3 is 14.7 Å². The number of amides is 3. The van der Waals surface area contributed by atoms with E-state index in [-0.39, 0.29) is 17.7 Å². The summed E-state index contributed by atoms with van der Waals surface area (Å²) in [7, 11) is 3.49. The second-order valence-electron chi connectivity index (χ2n) is 8.02. The number of likely N-dealkylation sites (N-methyl/N-ethyl adjacent to an activating group) is 1. The molecular formula is C21H28Cl2N4O3. The van der Waals surface area contributed by atoms with Crippen LogP contribution in [0.1, 0.15) is 29.6 Å². The van der Waals surface area contributed by atoms with Crippen LogP contribution in [0.4, 0.5) is 0 Å². The van der Waals surface area contributed by atoms with Crippen molar-refractivity contribution in [1.29, 1.82) is 0 Å². The normalized spacial score (nSPS) is 20.2. The van der Waals surface area contributed by atoms with Crippen LogP contribution in [0.5, 0.6) is 0 Å². The first kappa shape index (κ1) is 22.8. The average Bonchev–Trinajstić information content (AvgIpc) is 3.09. The number of benzene rings is 1. The Morgan fingerprint density at radius 2 is 1.80 bits per heavy atom. The van der Waals surface area contributed by atoms with E-state index >= 15 is 0 Å². The first-order valence-electron chi connectivity index (χ1n) is 10.2. The van der Waals surface area contributed by atoms with Gasteiger partial charge >= 0.3 is 0 Å². The van der Waals surface area contributed by atoms with Crippen molar-refractivity contribution in [3.05, 3.63) is 33.8 Å². The molecule has 9 heteroatoms. The van der Waals surface area contributed by atoms with Gasteiger partial charge in [-0.1, -0.05) is 23.2 Å². The van der Waals surface area contributed by atoms with Crippen LogP contribution in [0.2, 0.25) is 10.0 Å². The Morgan fingerprint density at radius 3 is 2.53 bits per heavy atom. The van der Waals surface area contributed by atoms with E-state index in [1.807, 2.05) is 4.90 Å². The van der Waals surface area contributed by atoms with Gasteiger partial charge in [0.15, 0.2) is 0 Å². The predicted molar refractivity (Wildman–Crippen MR) is 117 cm³/mol. The summed E-state index contributed by atoms with van der Waals surface area (Å²) in [5.74, 6) is -0.230. The van der Waals surface area contributed by atoms with Gasteiger partial charge in [-0.2, -0.15) is 0 Å². The molecule has 1 atom stereocenters. The van der Waals surface area contributed by atoms with E-state index in [1.54, 1.807) is 42.1 Å². The van der Waals surface area contributed by atoms with Crippen molar-refractivity contribution in [2.75, 3.05) is 53.4 Å². The van der Waals surface area contributed by atoms with Crippen LogP contribution in [0.3, 0.4) is 0 Å². The SMILES string of the molecule is CN(C)C(=O)CN1CCCN(C(=O)C2CCCN2C(=O)c2cc(Cl)ccc2Cl)CC1. The third-order valence-electron chi connectivity index (χ3n) is 5.72. The number of likely N-dealkylation sites (tertiary alicyclic amines) is 1. The summed E-state index contributed by atoms with van der Waals surface area (Å²) in [5, 5.41) is 0.767. The van der Waals surface area contributed by atoms with E-state index in [2.05, 4.69) is 4.90 Å². The minimum atomic E-state index is -0.484. The number of hydrogen-bond donors (Lipinski definition) is 0. The van der Waals surface area contributed by atoms with Gasteiger partial charge in [-0.25, -0.2) is 0 Å². The standard InChI is InChI=1S/C21H28Cl2N4O3/c1-24(2)19(28)14-25-8-4-9-26(12-11-25)21(30)18-5-3-10-27(18)20(29)16-13-15(22)6-7-17(16)23/h6-7,13,18H,3-5,8-12,14H2,1-2H3. The van der Waals surface area contributed by atoms with Crippen molar-refractivity contribution < 1.29 is 14.4 Å². The molecule has 2 aliphatic rings. The third kappa shape index (κ3) is 5.25. The zero-order chi connectivity index (χ0) is 21.8. The first-order valence-corrected chi connectivity index (χ1v) is 11.0. The molecule has 0 radical (unpaired) electrons. The van der Waals surface area contributed by atoms with Crippen LogP contribution >= 0.6 is 23.2 Å². The molecule has 0 aromatic heterocycles. The molecule has 2 saturated heterocycles. The van der Waals surface area contributed by atoms with E-state index < -0.39 is 6.04 Å². The van der Waals surface area contributed by atoms with Gasteiger partial charge in [-0.3, -0.25) is 19.3 Å². The van der Waals surface area contributed by atoms with Crippen molar-refractivity contribution >= 4 is 40.9 Å². The molecule has 2 heterocycles. The number of hydrogen-bond acceptors (Lipinski definition) is 4. The van der Waals surface area contributed by atoms with Gasteiger partial charge in [-0.05, 0) is 37.5 Å². The molecule has 0 saturated carbocycles. The Bertz CT molecular complexity index is 817. The molecule has 1 aromatic rings. The Hall–Kier alpha value is -1.83. The maximum absolute atomic E-state index is 13.3. The molecule has 2 fully saturated rings. The van der Waals surface area contributed by atoms with E-state index in [1.165, 1.54) is 0 Å². The highest BCUT2D eigenvalue weighted by Gasteiger charge is 2.38. The summed E-state index contributed by atoms with van der Waals surface area (Å²) in [6, 6.07) is 4.31. The molecule has 3 rings (SSSR count). The van der Waals surface area contributed by atoms with E-state index in [9.17, 15) is 14.4 Å². The molecule has 0 bridgehead atoms. The fourth-order valence-corrected chi connectivity index (χ4v) is 4.35. The Balaban J connectivity index is 1.66. The molecule has 7 nitrogen and oxygen atoms in total. The lowest BCUT2D eigenvalue weighted by Crippen LogP contribution is -2.49. The summed E-state index contributed by atoms with van der Waals surface area (Å²) < 4.78 is 0. The molecule has 2 aliphatic heterocycles. The monoisotopic (exact) mass is 454 g/mol. The number of rotatable bonds is 4. The lowest BCUT2D eigenvalue weighted by atomic mass is 10.1. The molecule has 30 heavy (non-hydrogen) atoms. The second-order valence-corrected chi connectivity index (χ2v) is 8.87. The minimum Gasteiger partial charge on any atom is -0.348 e. The molecule has 3 amide bonds. The summed E-state index contributed by atoms with van der Waals surface area (Å²) in [6.07, 6.45) is 2.22. The number of carbonyl (C=O) groups is 3. The molecule has 1 aromatic carbocycles. The van der Waals surface area contributed by atoms with Gasteiger partial charge in [0.1, 0.15) is 6.04 Å². The molecule has 0 N–H and O–H groups in total. The quantitative estimate of drug-likeness (QED) is 0.699. The van der Waals surface area contributed by atoms with E-state index in [0.29, 0.717) is 54.8 Å². The molecule has 1 unspecified atom stereocenters. The van der Waals surface area contributed by atoms with Crippen molar-refractivity contribution in [2.24, 2.45) is 0 Å². The Labute approximate surface area is 187 Å². The Kier molecular flexibility index (Phi) is 7.60. The van der Waals surface area contributed by atoms with Gasteiger partial charge in [0, 0.05) is 51.8 Å². The maximum atomic E-state index is 13.3. The van der Waals surface area contributed by atoms with Crippen molar-refractivity contribution in [3.8, 4) is 0 Å². The van der Waals surface area contributed by atoms with Gasteiger partial charge in [-0.15, -0.1) is 0 Å². The van der Waals surface area contributed by atoms with E-state index in [0.717, 1.165) is 19.4 Å². The topological polar surface area (TPSA) is 64.2 Å². The van der Waals surface area contributed by atoms with Crippen LogP contribution in [-0.2, 0) is 9.59 Å². The number of nitrogens with zero attached hydrogens (tertiary/aromatic N) is 4. The van der Waals surface area contributed by atoms with Crippen LogP contribution in [0.15, 0.2) is 18.2 Å². The van der Waals surface area contributed by atoms with Crippen LogP contribution in [-0.4, -0.2) is 96.7 Å². The zero-order valence-electron chi connectivity index (χ0n) is 17.4. The van der Waals surface area contributed by atoms with Gasteiger partial charge in [0.05, 0.1) is 17.1 Å². The molecular weight excluding hydrogens is 427 g/mol. The largest absolute Gasteiger partial charge is 0.348 e. The van der Waals surface area contributed by atoms with Crippen LogP contribution in [0.25, 0.3) is 0 Å². The fraction of sp³-hybridized carbons (Fsp3) is 0.571. The summed E-state index contributed by atoms with van der Waals surface area (Å²) in [6.45, 7) is 3.48. The van der Waals surface area contributed by atoms with Crippen molar-refractivity contribution in [1.82, 2.24) is 19.6 Å². The van der Waals surface area contributed by atoms with Crippen LogP contribution in [0, 0.1) is 0 Å². The van der Waals surface area contributed by atoms with Crippen LogP contribution < -0.4 is 0 Å². The highest BCUT2D eigenvalue weighted by Crippen LogP contribution is 2.27. The van der Waals surface area contributed by atoms with Crippen molar-refractivity contribution in [2.45, 2.75) is 25.3 Å². The second kappa shape index (κ2) is 9.98. The highest BCUT2D eigenvalue weighted by molar-refractivity contribution is 6.35. The molecule has 0 spiro atoms. The summed E-state index contributed by atoms with van der Waals surface area (Å²) in [5.41, 5.74) is 0.327. The predicted octanol–water partition coefficient (Wildman–Crippen LogP) is 2.22. The molecule has 164 valence electrons. The van der Waals surface area contributed by atoms with Gasteiger partial charge in [0.25, 0.3) is 5.91 Å². The Morgan fingerprint density at radius 1 is 1.03 bits per heavy atom. The third-order valence-corrected chi connectivity index (χ3v) is 6.28. The summed E-state index contributed by atoms with van der Waals surface area (Å²) >= 11 is 12.2. The highest BCUT2D eigenvalue weighted by atomic mass is 35.5. The minimum absolute atomic E-state index is 0.0280. The average molecular weight is 455 g/mol. The zero-order valence-corrected chi connectivity index (χ0v) is 19.0. The summed E-state index contributed by atoms with van der Waals surface area (Å²) in [4.78, 5) is 45.5. The lowest BCUT2D eigenvalue weighted by Gasteiger charge is -2.30. The molecule has 0 aliphatic carbocycles. The van der Waals surface area contributed by atoms with Gasteiger partial charge in [0.2, 0.25) is 11.8 Å². The number of carbonyl (C=O) groups excluding carboxylic acids is 3. The van der Waals surface area contributed by atoms with E-state index in [4.69, 9.17) is 23.2 Å². The first-order chi connectivity index (χ1) is 14.3.